The molecule has 0 aromatic rings. The summed E-state index contributed by atoms with van der Waals surface area (Å²) in [5.74, 6) is -1.10. The molecule has 1 saturated carbocycles. The maximum atomic E-state index is 13.0. The number of methoxy groups -OCH3 is 1. The number of likely N-dealkylation sites (tertiary alicyclic amines) is 1. The Labute approximate surface area is 136 Å². The van der Waals surface area contributed by atoms with E-state index in [1.807, 2.05) is 13.8 Å². The number of carboxylic acid groups (broad SMARTS) is 1. The Bertz CT molecular complexity index is 481. The van der Waals surface area contributed by atoms with Crippen molar-refractivity contribution in [3.05, 3.63) is 0 Å². The Kier molecular flexibility index (Phi) is 5.49. The lowest BCUT2D eigenvalue weighted by Gasteiger charge is -2.33. The van der Waals surface area contributed by atoms with Gasteiger partial charge in [-0.05, 0) is 31.1 Å². The highest BCUT2D eigenvalue weighted by molar-refractivity contribution is 5.90. The van der Waals surface area contributed by atoms with Crippen LogP contribution >= 0.6 is 0 Å². The molecule has 23 heavy (non-hydrogen) atoms. The minimum Gasteiger partial charge on any atom is -0.480 e. The summed E-state index contributed by atoms with van der Waals surface area (Å²) in [7, 11) is 1.25. The third-order valence-electron chi connectivity index (χ3n) is 5.32. The van der Waals surface area contributed by atoms with Crippen molar-refractivity contribution in [2.75, 3.05) is 7.11 Å². The predicted molar refractivity (Wildman–Crippen MR) is 82.8 cm³/mol. The van der Waals surface area contributed by atoms with Crippen LogP contribution in [0.2, 0.25) is 0 Å². The minimum atomic E-state index is -0.964. The van der Waals surface area contributed by atoms with E-state index >= 15 is 0 Å². The second-order valence-corrected chi connectivity index (χ2v) is 6.59. The standard InChI is InChI=1S/C16H26N2O5/c1-4-9(2)13(17-16(22)23-3)14(19)18-11-7-5-6-10(11)8-12(18)15(20)21/h9-13H,4-8H2,1-3H3,(H,17,22)(H,20,21). The van der Waals surface area contributed by atoms with Crippen LogP contribution in [-0.2, 0) is 14.3 Å². The third-order valence-corrected chi connectivity index (χ3v) is 5.32. The summed E-state index contributed by atoms with van der Waals surface area (Å²) in [6.45, 7) is 3.80. The topological polar surface area (TPSA) is 95.9 Å². The van der Waals surface area contributed by atoms with Gasteiger partial charge in [-0.15, -0.1) is 0 Å². The van der Waals surface area contributed by atoms with Gasteiger partial charge in [-0.2, -0.15) is 0 Å². The van der Waals surface area contributed by atoms with Crippen molar-refractivity contribution >= 4 is 18.0 Å². The first kappa shape index (κ1) is 17.6. The van der Waals surface area contributed by atoms with Gasteiger partial charge in [0.2, 0.25) is 5.91 Å². The first-order chi connectivity index (χ1) is 10.9. The number of ether oxygens (including phenoxy) is 1. The van der Waals surface area contributed by atoms with Gasteiger partial charge in [0.25, 0.3) is 0 Å². The van der Waals surface area contributed by atoms with Crippen LogP contribution in [-0.4, -0.2) is 53.2 Å². The van der Waals surface area contributed by atoms with Gasteiger partial charge in [0.05, 0.1) is 7.11 Å². The molecule has 2 rings (SSSR count). The minimum absolute atomic E-state index is 0.0189. The van der Waals surface area contributed by atoms with Gasteiger partial charge >= 0.3 is 12.1 Å². The number of fused-ring (bicyclic) bond motifs is 1. The zero-order chi connectivity index (χ0) is 17.1. The highest BCUT2D eigenvalue weighted by Gasteiger charge is 2.50. The van der Waals surface area contributed by atoms with Crippen LogP contribution in [0.25, 0.3) is 0 Å². The molecule has 7 nitrogen and oxygen atoms in total. The first-order valence-corrected chi connectivity index (χ1v) is 8.30. The molecule has 1 aliphatic carbocycles. The lowest BCUT2D eigenvalue weighted by atomic mass is 9.97. The quantitative estimate of drug-likeness (QED) is 0.800. The average molecular weight is 326 g/mol. The lowest BCUT2D eigenvalue weighted by Crippen LogP contribution is -2.56. The molecule has 1 saturated heterocycles. The fraction of sp³-hybridized carbons (Fsp3) is 0.812. The molecule has 0 aromatic carbocycles. The smallest absolute Gasteiger partial charge is 0.407 e. The molecule has 2 amide bonds. The summed E-state index contributed by atoms with van der Waals surface area (Å²) in [6, 6.07) is -1.56. The maximum Gasteiger partial charge on any atom is 0.407 e. The van der Waals surface area contributed by atoms with Crippen molar-refractivity contribution < 1.29 is 24.2 Å². The van der Waals surface area contributed by atoms with E-state index in [4.69, 9.17) is 0 Å². The van der Waals surface area contributed by atoms with Crippen LogP contribution in [0.5, 0.6) is 0 Å². The van der Waals surface area contributed by atoms with Gasteiger partial charge in [0, 0.05) is 6.04 Å². The van der Waals surface area contributed by atoms with E-state index in [0.29, 0.717) is 12.8 Å². The molecular weight excluding hydrogens is 300 g/mol. The number of carboxylic acids is 1. The molecule has 2 aliphatic rings. The zero-order valence-electron chi connectivity index (χ0n) is 13.9. The summed E-state index contributed by atoms with van der Waals surface area (Å²) >= 11 is 0. The van der Waals surface area contributed by atoms with Crippen LogP contribution in [0.3, 0.4) is 0 Å². The number of nitrogens with zero attached hydrogens (tertiary/aromatic N) is 1. The van der Waals surface area contributed by atoms with Gasteiger partial charge in [0.1, 0.15) is 12.1 Å². The van der Waals surface area contributed by atoms with Crippen molar-refractivity contribution in [2.45, 2.75) is 64.1 Å². The van der Waals surface area contributed by atoms with Crippen LogP contribution in [0.15, 0.2) is 0 Å². The van der Waals surface area contributed by atoms with Gasteiger partial charge < -0.3 is 20.1 Å². The zero-order valence-corrected chi connectivity index (χ0v) is 13.9. The summed E-state index contributed by atoms with van der Waals surface area (Å²) in [4.78, 5) is 37.7. The molecule has 5 atom stereocenters. The molecule has 0 aromatic heterocycles. The number of hydrogen-bond donors (Lipinski definition) is 2. The Hall–Kier alpha value is -1.79. The molecular formula is C16H26N2O5. The van der Waals surface area contributed by atoms with Crippen LogP contribution < -0.4 is 5.32 Å². The second kappa shape index (κ2) is 7.19. The van der Waals surface area contributed by atoms with Crippen LogP contribution in [0, 0.1) is 11.8 Å². The van der Waals surface area contributed by atoms with E-state index in [9.17, 15) is 19.5 Å². The highest BCUT2D eigenvalue weighted by Crippen LogP contribution is 2.41. The molecule has 2 N–H and O–H groups in total. The summed E-state index contributed by atoms with van der Waals surface area (Å²) in [5.41, 5.74) is 0. The number of alkyl carbamates (subject to hydrolysis) is 1. The Balaban J connectivity index is 2.24. The lowest BCUT2D eigenvalue weighted by molar-refractivity contribution is -0.151. The van der Waals surface area contributed by atoms with Crippen molar-refractivity contribution in [1.29, 1.82) is 0 Å². The fourth-order valence-electron chi connectivity index (χ4n) is 3.86. The van der Waals surface area contributed by atoms with Crippen LogP contribution in [0.1, 0.15) is 46.0 Å². The van der Waals surface area contributed by atoms with E-state index in [0.717, 1.165) is 19.3 Å². The van der Waals surface area contributed by atoms with E-state index in [2.05, 4.69) is 10.1 Å². The van der Waals surface area contributed by atoms with Gasteiger partial charge in [0.15, 0.2) is 0 Å². The maximum absolute atomic E-state index is 13.0. The number of carbonyl (C=O) groups excluding carboxylic acids is 2. The molecule has 1 aliphatic heterocycles. The van der Waals surface area contributed by atoms with Gasteiger partial charge in [-0.3, -0.25) is 4.79 Å². The highest BCUT2D eigenvalue weighted by atomic mass is 16.5. The molecule has 1 heterocycles. The van der Waals surface area contributed by atoms with E-state index in [-0.39, 0.29) is 23.8 Å². The SMILES string of the molecule is CCC(C)C(NC(=O)OC)C(=O)N1C(C(=O)O)CC2CCCC21. The molecule has 2 fully saturated rings. The molecule has 7 heteroatoms. The predicted octanol–water partition coefficient (Wildman–Crippen LogP) is 1.61. The Morgan fingerprint density at radius 3 is 2.61 bits per heavy atom. The van der Waals surface area contributed by atoms with Gasteiger partial charge in [-0.25, -0.2) is 9.59 Å². The normalized spacial score (nSPS) is 28.8. The molecule has 0 spiro atoms. The molecule has 130 valence electrons. The number of carbonyl (C=O) groups is 3. The molecule has 0 radical (unpaired) electrons. The Morgan fingerprint density at radius 2 is 2.04 bits per heavy atom. The van der Waals surface area contributed by atoms with E-state index in [1.54, 1.807) is 0 Å². The Morgan fingerprint density at radius 1 is 1.35 bits per heavy atom. The summed E-state index contributed by atoms with van der Waals surface area (Å²) in [6.07, 6.45) is 3.36. The second-order valence-electron chi connectivity index (χ2n) is 6.59. The first-order valence-electron chi connectivity index (χ1n) is 8.30. The number of rotatable bonds is 5. The largest absolute Gasteiger partial charge is 0.480 e. The number of nitrogens with one attached hydrogen (secondary N) is 1. The number of hydrogen-bond acceptors (Lipinski definition) is 4. The molecule has 5 unspecified atom stereocenters. The number of amides is 2. The fourth-order valence-corrected chi connectivity index (χ4v) is 3.86. The summed E-state index contributed by atoms with van der Waals surface area (Å²) < 4.78 is 4.61. The van der Waals surface area contributed by atoms with E-state index < -0.39 is 24.1 Å². The van der Waals surface area contributed by atoms with Crippen LogP contribution in [0.4, 0.5) is 4.79 Å². The van der Waals surface area contributed by atoms with Gasteiger partial charge in [-0.1, -0.05) is 26.7 Å². The average Bonchev–Trinajstić information content (AvgIpc) is 3.11. The molecule has 0 bridgehead atoms. The van der Waals surface area contributed by atoms with E-state index in [1.165, 1.54) is 12.0 Å². The van der Waals surface area contributed by atoms with Crippen molar-refractivity contribution in [1.82, 2.24) is 10.2 Å². The summed E-state index contributed by atoms with van der Waals surface area (Å²) in [5, 5.41) is 12.1. The van der Waals surface area contributed by atoms with Crippen molar-refractivity contribution in [3.8, 4) is 0 Å². The monoisotopic (exact) mass is 326 g/mol. The third kappa shape index (κ3) is 3.43. The number of aliphatic carboxylic acids is 1. The van der Waals surface area contributed by atoms with Crippen molar-refractivity contribution in [3.63, 3.8) is 0 Å². The van der Waals surface area contributed by atoms with Crippen molar-refractivity contribution in [2.24, 2.45) is 11.8 Å².